The number of nitrogens with zero attached hydrogens (tertiary/aromatic N) is 2. The average molecular weight is 310 g/mol. The zero-order valence-electron chi connectivity index (χ0n) is 13.2. The van der Waals surface area contributed by atoms with E-state index >= 15 is 0 Å². The van der Waals surface area contributed by atoms with Gasteiger partial charge in [-0.1, -0.05) is 37.5 Å². The first kappa shape index (κ1) is 16.1. The molecule has 0 atom stereocenters. The van der Waals surface area contributed by atoms with E-state index in [1.54, 1.807) is 0 Å². The third-order valence-electron chi connectivity index (χ3n) is 4.33. The molecule has 1 aromatic heterocycles. The summed E-state index contributed by atoms with van der Waals surface area (Å²) in [4.78, 5) is 18.8. The van der Waals surface area contributed by atoms with Crippen LogP contribution in [-0.4, -0.2) is 31.5 Å². The summed E-state index contributed by atoms with van der Waals surface area (Å²) in [6.45, 7) is 3.02. The van der Waals surface area contributed by atoms with Crippen LogP contribution in [0.25, 0.3) is 0 Å². The van der Waals surface area contributed by atoms with Gasteiger partial charge in [0.15, 0.2) is 5.13 Å². The fourth-order valence-corrected chi connectivity index (χ4v) is 3.66. The summed E-state index contributed by atoms with van der Waals surface area (Å²) < 4.78 is 0. The zero-order valence-corrected chi connectivity index (χ0v) is 14.0. The van der Waals surface area contributed by atoms with Crippen molar-refractivity contribution in [2.24, 2.45) is 11.8 Å². The summed E-state index contributed by atoms with van der Waals surface area (Å²) in [5.41, 5.74) is 5.84. The monoisotopic (exact) mass is 310 g/mol. The van der Waals surface area contributed by atoms with E-state index in [1.165, 1.54) is 43.4 Å². The maximum Gasteiger partial charge on any atom is 0.265 e. The topological polar surface area (TPSA) is 71.2 Å². The number of amides is 1. The lowest BCUT2D eigenvalue weighted by Crippen LogP contribution is -2.31. The normalized spacial score (nSPS) is 22.0. The van der Waals surface area contributed by atoms with Crippen LogP contribution in [0.5, 0.6) is 0 Å². The van der Waals surface area contributed by atoms with E-state index in [0.717, 1.165) is 17.6 Å². The van der Waals surface area contributed by atoms with Crippen LogP contribution in [0.2, 0.25) is 0 Å². The van der Waals surface area contributed by atoms with Gasteiger partial charge in [0, 0.05) is 20.6 Å². The molecule has 0 spiro atoms. The Morgan fingerprint density at radius 2 is 1.95 bits per heavy atom. The van der Waals surface area contributed by atoms with Crippen molar-refractivity contribution in [2.45, 2.75) is 39.0 Å². The molecule has 0 radical (unpaired) electrons. The summed E-state index contributed by atoms with van der Waals surface area (Å²) in [6, 6.07) is 0. The van der Waals surface area contributed by atoms with Crippen LogP contribution in [0, 0.1) is 11.8 Å². The molecule has 0 aliphatic heterocycles. The predicted octanol–water partition coefficient (Wildman–Crippen LogP) is 2.74. The third-order valence-corrected chi connectivity index (χ3v) is 5.56. The Bertz CT molecular complexity index is 478. The van der Waals surface area contributed by atoms with Crippen LogP contribution in [0.3, 0.4) is 0 Å². The van der Waals surface area contributed by atoms with Crippen LogP contribution >= 0.6 is 11.3 Å². The lowest BCUT2D eigenvalue weighted by atomic mass is 9.81. The quantitative estimate of drug-likeness (QED) is 0.877. The molecule has 1 aromatic rings. The third kappa shape index (κ3) is 4.09. The summed E-state index contributed by atoms with van der Waals surface area (Å²) in [5.74, 6) is 1.74. The molecule has 1 saturated carbocycles. The fourth-order valence-electron chi connectivity index (χ4n) is 2.84. The number of anilines is 2. The van der Waals surface area contributed by atoms with Crippen LogP contribution < -0.4 is 16.0 Å². The summed E-state index contributed by atoms with van der Waals surface area (Å²) in [6.07, 6.45) is 6.32. The molecule has 1 amide bonds. The number of rotatable bonds is 5. The SMILES string of the molecule is CCC1CCC(CNC(=O)c2sc(N(C)C)nc2N)CC1. The van der Waals surface area contributed by atoms with Crippen molar-refractivity contribution < 1.29 is 4.79 Å². The molecule has 118 valence electrons. The van der Waals surface area contributed by atoms with E-state index in [2.05, 4.69) is 17.2 Å². The first-order chi connectivity index (χ1) is 10.0. The number of thiazole rings is 1. The number of nitrogens with one attached hydrogen (secondary N) is 1. The highest BCUT2D eigenvalue weighted by Crippen LogP contribution is 2.30. The molecule has 0 unspecified atom stereocenters. The zero-order chi connectivity index (χ0) is 15.4. The van der Waals surface area contributed by atoms with Crippen LogP contribution in [0.1, 0.15) is 48.7 Å². The van der Waals surface area contributed by atoms with Crippen LogP contribution in [-0.2, 0) is 0 Å². The minimum absolute atomic E-state index is 0.0873. The molecule has 6 heteroatoms. The van der Waals surface area contributed by atoms with Gasteiger partial charge in [0.05, 0.1) is 0 Å². The number of hydrogen-bond acceptors (Lipinski definition) is 5. The number of aromatic nitrogens is 1. The average Bonchev–Trinajstić information content (AvgIpc) is 2.87. The predicted molar refractivity (Wildman–Crippen MR) is 88.9 cm³/mol. The van der Waals surface area contributed by atoms with Gasteiger partial charge in [-0.15, -0.1) is 0 Å². The summed E-state index contributed by atoms with van der Waals surface area (Å²) in [7, 11) is 3.79. The number of carbonyl (C=O) groups is 1. The Hall–Kier alpha value is -1.30. The van der Waals surface area contributed by atoms with Crippen LogP contribution in [0.15, 0.2) is 0 Å². The van der Waals surface area contributed by atoms with Gasteiger partial charge in [-0.2, -0.15) is 0 Å². The highest BCUT2D eigenvalue weighted by molar-refractivity contribution is 7.18. The molecule has 1 aliphatic rings. The molecular formula is C15H26N4OS. The van der Waals surface area contributed by atoms with E-state index in [-0.39, 0.29) is 5.91 Å². The Balaban J connectivity index is 1.85. The van der Waals surface area contributed by atoms with Gasteiger partial charge in [0.2, 0.25) is 0 Å². The molecule has 0 aromatic carbocycles. The molecule has 5 nitrogen and oxygen atoms in total. The first-order valence-corrected chi connectivity index (χ1v) is 8.54. The number of nitrogens with two attached hydrogens (primary N) is 1. The fraction of sp³-hybridized carbons (Fsp3) is 0.733. The smallest absolute Gasteiger partial charge is 0.265 e. The Kier molecular flexibility index (Phi) is 5.45. The van der Waals surface area contributed by atoms with Crippen molar-refractivity contribution >= 4 is 28.2 Å². The Morgan fingerprint density at radius 1 is 1.33 bits per heavy atom. The van der Waals surface area contributed by atoms with Crippen molar-refractivity contribution in [2.75, 3.05) is 31.3 Å². The maximum atomic E-state index is 12.2. The number of nitrogen functional groups attached to an aromatic ring is 1. The maximum absolute atomic E-state index is 12.2. The van der Waals surface area contributed by atoms with E-state index < -0.39 is 0 Å². The molecule has 0 saturated heterocycles. The van der Waals surface area contributed by atoms with Gasteiger partial charge in [0.1, 0.15) is 10.7 Å². The highest BCUT2D eigenvalue weighted by Gasteiger charge is 2.22. The van der Waals surface area contributed by atoms with Crippen molar-refractivity contribution in [3.05, 3.63) is 4.88 Å². The molecule has 2 rings (SSSR count). The van der Waals surface area contributed by atoms with Gasteiger partial charge in [0.25, 0.3) is 5.91 Å². The largest absolute Gasteiger partial charge is 0.382 e. The minimum atomic E-state index is -0.0873. The molecule has 3 N–H and O–H groups in total. The second-order valence-corrected chi connectivity index (χ2v) is 7.09. The van der Waals surface area contributed by atoms with E-state index in [4.69, 9.17) is 5.73 Å². The minimum Gasteiger partial charge on any atom is -0.382 e. The van der Waals surface area contributed by atoms with Crippen molar-refractivity contribution in [1.29, 1.82) is 0 Å². The van der Waals surface area contributed by atoms with Gasteiger partial charge < -0.3 is 16.0 Å². The first-order valence-electron chi connectivity index (χ1n) is 7.73. The van der Waals surface area contributed by atoms with Crippen molar-refractivity contribution in [3.63, 3.8) is 0 Å². The summed E-state index contributed by atoms with van der Waals surface area (Å²) in [5, 5.41) is 3.79. The second-order valence-electron chi connectivity index (χ2n) is 6.11. The number of hydrogen-bond donors (Lipinski definition) is 2. The van der Waals surface area contributed by atoms with Crippen molar-refractivity contribution in [1.82, 2.24) is 10.3 Å². The Morgan fingerprint density at radius 3 is 2.48 bits per heavy atom. The molecule has 1 heterocycles. The standard InChI is InChI=1S/C15H26N4OS/c1-4-10-5-7-11(8-6-10)9-17-14(20)12-13(16)18-15(21-12)19(2)3/h10-11H,4-9,16H2,1-3H3,(H,17,20). The molecule has 0 bridgehead atoms. The van der Waals surface area contributed by atoms with Gasteiger partial charge in [-0.25, -0.2) is 4.98 Å². The van der Waals surface area contributed by atoms with Gasteiger partial charge >= 0.3 is 0 Å². The van der Waals surface area contributed by atoms with Crippen LogP contribution in [0.4, 0.5) is 10.9 Å². The van der Waals surface area contributed by atoms with E-state index in [0.29, 0.717) is 16.6 Å². The number of carbonyl (C=O) groups excluding carboxylic acids is 1. The van der Waals surface area contributed by atoms with E-state index in [9.17, 15) is 4.79 Å². The Labute approximate surface area is 130 Å². The van der Waals surface area contributed by atoms with Gasteiger partial charge in [-0.3, -0.25) is 4.79 Å². The van der Waals surface area contributed by atoms with Crippen molar-refractivity contribution in [3.8, 4) is 0 Å². The summed E-state index contributed by atoms with van der Waals surface area (Å²) >= 11 is 1.34. The molecule has 21 heavy (non-hydrogen) atoms. The molecular weight excluding hydrogens is 284 g/mol. The second kappa shape index (κ2) is 7.11. The lowest BCUT2D eigenvalue weighted by molar-refractivity contribution is 0.0946. The molecule has 1 aliphatic carbocycles. The van der Waals surface area contributed by atoms with Gasteiger partial charge in [-0.05, 0) is 24.7 Å². The molecule has 1 fully saturated rings. The van der Waals surface area contributed by atoms with E-state index in [1.807, 2.05) is 19.0 Å². The lowest BCUT2D eigenvalue weighted by Gasteiger charge is -2.27. The highest BCUT2D eigenvalue weighted by atomic mass is 32.1.